The van der Waals surface area contributed by atoms with E-state index >= 15 is 0 Å². The molecule has 2 heteroatoms. The summed E-state index contributed by atoms with van der Waals surface area (Å²) >= 11 is 0. The van der Waals surface area contributed by atoms with Crippen LogP contribution in [0.15, 0.2) is 18.2 Å². The lowest BCUT2D eigenvalue weighted by atomic mass is 9.92. The molecule has 2 nitrogen and oxygen atoms in total. The van der Waals surface area contributed by atoms with E-state index in [9.17, 15) is 5.11 Å². The first-order valence-corrected chi connectivity index (χ1v) is 4.60. The molecule has 1 aromatic rings. The molecule has 0 radical (unpaired) electrons. The number of fused-ring (bicyclic) bond motifs is 1. The van der Waals surface area contributed by atoms with Gasteiger partial charge in [-0.2, -0.15) is 0 Å². The first-order chi connectivity index (χ1) is 6.18. The molecule has 0 aromatic heterocycles. The molecule has 1 heterocycles. The van der Waals surface area contributed by atoms with Gasteiger partial charge in [-0.15, -0.1) is 0 Å². The van der Waals surface area contributed by atoms with Gasteiger partial charge in [-0.1, -0.05) is 19.1 Å². The van der Waals surface area contributed by atoms with Gasteiger partial charge >= 0.3 is 0 Å². The van der Waals surface area contributed by atoms with Crippen LogP contribution in [-0.4, -0.2) is 17.8 Å². The van der Waals surface area contributed by atoms with E-state index in [0.29, 0.717) is 6.61 Å². The minimum absolute atomic E-state index is 0.185. The van der Waals surface area contributed by atoms with Gasteiger partial charge in [0.15, 0.2) is 0 Å². The van der Waals surface area contributed by atoms with Crippen molar-refractivity contribution < 1.29 is 9.84 Å². The zero-order chi connectivity index (χ0) is 9.42. The van der Waals surface area contributed by atoms with Crippen LogP contribution >= 0.6 is 0 Å². The minimum Gasteiger partial charge on any atom is -0.491 e. The molecular weight excluding hydrogens is 164 g/mol. The van der Waals surface area contributed by atoms with E-state index in [0.717, 1.165) is 11.3 Å². The maximum absolute atomic E-state index is 9.57. The summed E-state index contributed by atoms with van der Waals surface area (Å²) < 4.78 is 5.44. The highest BCUT2D eigenvalue weighted by Crippen LogP contribution is 2.33. The van der Waals surface area contributed by atoms with Crippen LogP contribution in [0.25, 0.3) is 0 Å². The van der Waals surface area contributed by atoms with Crippen molar-refractivity contribution in [2.45, 2.75) is 25.9 Å². The SMILES string of the molecule is Cc1ccc2c(c1)OC[C@H](O)[C@H]2C. The van der Waals surface area contributed by atoms with Gasteiger partial charge in [0.1, 0.15) is 12.4 Å². The maximum atomic E-state index is 9.57. The molecule has 0 saturated carbocycles. The van der Waals surface area contributed by atoms with E-state index in [1.807, 2.05) is 26.0 Å². The van der Waals surface area contributed by atoms with E-state index in [1.54, 1.807) is 0 Å². The van der Waals surface area contributed by atoms with Gasteiger partial charge in [0, 0.05) is 5.92 Å². The van der Waals surface area contributed by atoms with Crippen molar-refractivity contribution in [3.63, 3.8) is 0 Å². The van der Waals surface area contributed by atoms with Crippen LogP contribution in [0.5, 0.6) is 5.75 Å². The molecule has 1 aliphatic heterocycles. The van der Waals surface area contributed by atoms with Gasteiger partial charge in [0.2, 0.25) is 0 Å². The molecule has 0 fully saturated rings. The van der Waals surface area contributed by atoms with Crippen LogP contribution in [-0.2, 0) is 0 Å². The van der Waals surface area contributed by atoms with Crippen molar-refractivity contribution in [3.8, 4) is 5.75 Å². The van der Waals surface area contributed by atoms with Crippen LogP contribution in [0.1, 0.15) is 24.0 Å². The Morgan fingerprint density at radius 3 is 3.00 bits per heavy atom. The predicted molar refractivity (Wildman–Crippen MR) is 51.1 cm³/mol. The lowest BCUT2D eigenvalue weighted by Crippen LogP contribution is -2.28. The van der Waals surface area contributed by atoms with Crippen LogP contribution in [0.4, 0.5) is 0 Å². The molecular formula is C11H14O2. The number of hydrogen-bond acceptors (Lipinski definition) is 2. The first kappa shape index (κ1) is 8.57. The monoisotopic (exact) mass is 178 g/mol. The van der Waals surface area contributed by atoms with Crippen LogP contribution < -0.4 is 4.74 Å². The summed E-state index contributed by atoms with van der Waals surface area (Å²) in [7, 11) is 0. The molecule has 0 saturated heterocycles. The van der Waals surface area contributed by atoms with Gasteiger partial charge in [-0.25, -0.2) is 0 Å². The topological polar surface area (TPSA) is 29.5 Å². The Morgan fingerprint density at radius 2 is 2.23 bits per heavy atom. The van der Waals surface area contributed by atoms with Gasteiger partial charge in [-0.3, -0.25) is 0 Å². The molecule has 70 valence electrons. The van der Waals surface area contributed by atoms with E-state index in [2.05, 4.69) is 6.07 Å². The van der Waals surface area contributed by atoms with Crippen molar-refractivity contribution in [2.75, 3.05) is 6.61 Å². The van der Waals surface area contributed by atoms with Gasteiger partial charge < -0.3 is 9.84 Å². The molecule has 0 bridgehead atoms. The van der Waals surface area contributed by atoms with Gasteiger partial charge in [0.05, 0.1) is 6.10 Å². The summed E-state index contributed by atoms with van der Waals surface area (Å²) in [5.74, 6) is 1.11. The average Bonchev–Trinajstić information content (AvgIpc) is 2.12. The highest BCUT2D eigenvalue weighted by atomic mass is 16.5. The molecule has 0 aliphatic carbocycles. The zero-order valence-corrected chi connectivity index (χ0v) is 7.95. The van der Waals surface area contributed by atoms with Crippen molar-refractivity contribution in [1.29, 1.82) is 0 Å². The summed E-state index contributed by atoms with van der Waals surface area (Å²) in [6, 6.07) is 6.12. The van der Waals surface area contributed by atoms with Gasteiger partial charge in [0.25, 0.3) is 0 Å². The number of rotatable bonds is 0. The molecule has 0 amide bonds. The molecule has 13 heavy (non-hydrogen) atoms. The molecule has 2 rings (SSSR count). The molecule has 0 spiro atoms. The second kappa shape index (κ2) is 3.04. The third-order valence-electron chi connectivity index (χ3n) is 2.65. The Hall–Kier alpha value is -1.02. The molecule has 2 atom stereocenters. The number of aryl methyl sites for hydroxylation is 1. The van der Waals surface area contributed by atoms with E-state index in [-0.39, 0.29) is 12.0 Å². The Balaban J connectivity index is 2.44. The molecule has 0 unspecified atom stereocenters. The van der Waals surface area contributed by atoms with Crippen molar-refractivity contribution >= 4 is 0 Å². The second-order valence-electron chi connectivity index (χ2n) is 3.71. The normalized spacial score (nSPS) is 26.4. The molecule has 1 N–H and O–H groups in total. The van der Waals surface area contributed by atoms with E-state index in [1.165, 1.54) is 5.56 Å². The standard InChI is InChI=1S/C11H14O2/c1-7-3-4-9-8(2)10(12)6-13-11(9)5-7/h3-5,8,10,12H,6H2,1-2H3/t8-,10-/m0/s1. The molecule has 1 aromatic carbocycles. The fourth-order valence-electron chi connectivity index (χ4n) is 1.67. The third kappa shape index (κ3) is 1.42. The number of aliphatic hydroxyl groups excluding tert-OH is 1. The number of ether oxygens (including phenoxy) is 1. The van der Waals surface area contributed by atoms with Crippen LogP contribution in [0.3, 0.4) is 0 Å². The Labute approximate surface area is 78.2 Å². The van der Waals surface area contributed by atoms with Crippen LogP contribution in [0.2, 0.25) is 0 Å². The number of benzene rings is 1. The lowest BCUT2D eigenvalue weighted by Gasteiger charge is -2.27. The van der Waals surface area contributed by atoms with Crippen molar-refractivity contribution in [1.82, 2.24) is 0 Å². The fraction of sp³-hybridized carbons (Fsp3) is 0.455. The fourth-order valence-corrected chi connectivity index (χ4v) is 1.67. The number of aliphatic hydroxyl groups is 1. The highest BCUT2D eigenvalue weighted by molar-refractivity contribution is 5.41. The number of hydrogen-bond donors (Lipinski definition) is 1. The quantitative estimate of drug-likeness (QED) is 0.657. The van der Waals surface area contributed by atoms with Gasteiger partial charge in [-0.05, 0) is 24.1 Å². The van der Waals surface area contributed by atoms with Crippen molar-refractivity contribution in [2.24, 2.45) is 0 Å². The smallest absolute Gasteiger partial charge is 0.123 e. The largest absolute Gasteiger partial charge is 0.491 e. The maximum Gasteiger partial charge on any atom is 0.123 e. The summed E-state index contributed by atoms with van der Waals surface area (Å²) in [6.45, 7) is 4.48. The summed E-state index contributed by atoms with van der Waals surface area (Å²) in [6.07, 6.45) is -0.366. The highest BCUT2D eigenvalue weighted by Gasteiger charge is 2.25. The first-order valence-electron chi connectivity index (χ1n) is 4.60. The van der Waals surface area contributed by atoms with Crippen molar-refractivity contribution in [3.05, 3.63) is 29.3 Å². The summed E-state index contributed by atoms with van der Waals surface area (Å²) in [5, 5.41) is 9.57. The lowest BCUT2D eigenvalue weighted by molar-refractivity contribution is 0.0713. The summed E-state index contributed by atoms with van der Waals surface area (Å²) in [5.41, 5.74) is 2.31. The zero-order valence-electron chi connectivity index (χ0n) is 7.95. The minimum atomic E-state index is -0.366. The van der Waals surface area contributed by atoms with E-state index < -0.39 is 0 Å². The van der Waals surface area contributed by atoms with Crippen LogP contribution in [0, 0.1) is 6.92 Å². The Bertz CT molecular complexity index is 320. The predicted octanol–water partition coefficient (Wildman–Crippen LogP) is 1.85. The summed E-state index contributed by atoms with van der Waals surface area (Å²) in [4.78, 5) is 0. The van der Waals surface area contributed by atoms with E-state index in [4.69, 9.17) is 4.74 Å². The second-order valence-corrected chi connectivity index (χ2v) is 3.71. The average molecular weight is 178 g/mol. The third-order valence-corrected chi connectivity index (χ3v) is 2.65. The molecule has 1 aliphatic rings. The Morgan fingerprint density at radius 1 is 1.46 bits per heavy atom. The Kier molecular flexibility index (Phi) is 2.00.